The van der Waals surface area contributed by atoms with Crippen molar-refractivity contribution in [2.24, 2.45) is 0 Å². The van der Waals surface area contributed by atoms with E-state index in [1.807, 2.05) is 6.92 Å². The summed E-state index contributed by atoms with van der Waals surface area (Å²) >= 11 is 6.01. The predicted octanol–water partition coefficient (Wildman–Crippen LogP) is 4.07. The number of methoxy groups -OCH3 is 1. The lowest BCUT2D eigenvalue weighted by atomic mass is 10.0. The summed E-state index contributed by atoms with van der Waals surface area (Å²) in [5.74, 6) is -0.409. The third kappa shape index (κ3) is 2.72. The molecule has 0 aromatic heterocycles. The summed E-state index contributed by atoms with van der Waals surface area (Å²) in [6.07, 6.45) is -0.459. The summed E-state index contributed by atoms with van der Waals surface area (Å²) < 4.78 is 19.0. The molecule has 0 fully saturated rings. The van der Waals surface area contributed by atoms with Crippen LogP contribution in [0.1, 0.15) is 29.0 Å². The Labute approximate surface area is 138 Å². The average molecular weight is 335 g/mol. The van der Waals surface area contributed by atoms with Crippen molar-refractivity contribution < 1.29 is 13.9 Å². The highest BCUT2D eigenvalue weighted by molar-refractivity contribution is 6.31. The molecular formula is C17H16ClFN2O2. The maximum absolute atomic E-state index is 14.0. The molecule has 6 heteroatoms. The molecule has 0 bridgehead atoms. The van der Waals surface area contributed by atoms with Crippen LogP contribution in [0.5, 0.6) is 5.75 Å². The monoisotopic (exact) mass is 334 g/mol. The van der Waals surface area contributed by atoms with Crippen molar-refractivity contribution in [1.82, 2.24) is 4.90 Å². The number of amides is 1. The van der Waals surface area contributed by atoms with Gasteiger partial charge in [-0.05, 0) is 42.8 Å². The number of benzene rings is 2. The minimum absolute atomic E-state index is 0.112. The van der Waals surface area contributed by atoms with Gasteiger partial charge in [-0.2, -0.15) is 0 Å². The van der Waals surface area contributed by atoms with Gasteiger partial charge in [0.1, 0.15) is 6.17 Å². The van der Waals surface area contributed by atoms with Crippen molar-refractivity contribution in [2.45, 2.75) is 13.1 Å². The third-order valence-corrected chi connectivity index (χ3v) is 4.14. The lowest BCUT2D eigenvalue weighted by Gasteiger charge is -2.37. The van der Waals surface area contributed by atoms with Gasteiger partial charge in [-0.15, -0.1) is 0 Å². The molecule has 120 valence electrons. The van der Waals surface area contributed by atoms with E-state index in [0.717, 1.165) is 0 Å². The molecular weight excluding hydrogens is 319 g/mol. The van der Waals surface area contributed by atoms with Crippen molar-refractivity contribution in [3.63, 3.8) is 0 Å². The fourth-order valence-electron chi connectivity index (χ4n) is 2.76. The van der Waals surface area contributed by atoms with E-state index in [4.69, 9.17) is 16.3 Å². The fraction of sp³-hybridized carbons (Fsp3) is 0.235. The summed E-state index contributed by atoms with van der Waals surface area (Å²) in [6.45, 7) is 2.37. The third-order valence-electron chi connectivity index (χ3n) is 3.91. The standard InChI is InChI=1S/C17H16ClFN2O2/c1-3-21-16(10-4-7-15(23-2)13(19)8-10)20-14-9-11(18)5-6-12(14)17(21)22/h4-9,16,20H,3H2,1-2H3. The quantitative estimate of drug-likeness (QED) is 0.919. The molecule has 23 heavy (non-hydrogen) atoms. The SMILES string of the molecule is CCN1C(=O)c2ccc(Cl)cc2NC1c1ccc(OC)c(F)c1. The lowest BCUT2D eigenvalue weighted by Crippen LogP contribution is -2.42. The Morgan fingerprint density at radius 3 is 2.74 bits per heavy atom. The van der Waals surface area contributed by atoms with Gasteiger partial charge < -0.3 is 15.0 Å². The van der Waals surface area contributed by atoms with E-state index in [0.29, 0.717) is 28.4 Å². The Balaban J connectivity index is 2.05. The smallest absolute Gasteiger partial charge is 0.257 e. The Morgan fingerprint density at radius 2 is 2.09 bits per heavy atom. The molecule has 2 aromatic rings. The zero-order valence-corrected chi connectivity index (χ0v) is 13.5. The zero-order valence-electron chi connectivity index (χ0n) is 12.8. The van der Waals surface area contributed by atoms with E-state index in [1.54, 1.807) is 35.2 Å². The number of ether oxygens (including phenoxy) is 1. The van der Waals surface area contributed by atoms with Crippen LogP contribution in [0.4, 0.5) is 10.1 Å². The minimum Gasteiger partial charge on any atom is -0.494 e. The first-order valence-electron chi connectivity index (χ1n) is 7.25. The molecule has 1 aliphatic rings. The number of hydrogen-bond donors (Lipinski definition) is 1. The van der Waals surface area contributed by atoms with Crippen LogP contribution in [0.15, 0.2) is 36.4 Å². The molecule has 0 radical (unpaired) electrons. The number of anilines is 1. The molecule has 1 heterocycles. The predicted molar refractivity (Wildman–Crippen MR) is 87.5 cm³/mol. The van der Waals surface area contributed by atoms with Gasteiger partial charge in [0.05, 0.1) is 18.4 Å². The molecule has 3 rings (SSSR count). The maximum atomic E-state index is 14.0. The zero-order chi connectivity index (χ0) is 16.6. The molecule has 1 unspecified atom stereocenters. The highest BCUT2D eigenvalue weighted by atomic mass is 35.5. The Bertz CT molecular complexity index is 766. The molecule has 0 saturated heterocycles. The largest absolute Gasteiger partial charge is 0.494 e. The molecule has 1 N–H and O–H groups in total. The van der Waals surface area contributed by atoms with E-state index < -0.39 is 12.0 Å². The fourth-order valence-corrected chi connectivity index (χ4v) is 2.93. The average Bonchev–Trinajstić information content (AvgIpc) is 2.54. The number of hydrogen-bond acceptors (Lipinski definition) is 3. The van der Waals surface area contributed by atoms with Crippen molar-refractivity contribution >= 4 is 23.2 Å². The highest BCUT2D eigenvalue weighted by Crippen LogP contribution is 2.35. The number of carbonyl (C=O) groups excluding carboxylic acids is 1. The van der Waals surface area contributed by atoms with Gasteiger partial charge in [0, 0.05) is 11.6 Å². The second-order valence-corrected chi connectivity index (χ2v) is 5.66. The van der Waals surface area contributed by atoms with Gasteiger partial charge in [-0.25, -0.2) is 4.39 Å². The van der Waals surface area contributed by atoms with Crippen molar-refractivity contribution in [1.29, 1.82) is 0 Å². The van der Waals surface area contributed by atoms with Crippen LogP contribution in [0.25, 0.3) is 0 Å². The van der Waals surface area contributed by atoms with Gasteiger partial charge >= 0.3 is 0 Å². The first-order valence-corrected chi connectivity index (χ1v) is 7.63. The molecule has 0 aliphatic carbocycles. The molecule has 1 aliphatic heterocycles. The Hall–Kier alpha value is -2.27. The summed E-state index contributed by atoms with van der Waals surface area (Å²) in [5.41, 5.74) is 1.85. The number of rotatable bonds is 3. The van der Waals surface area contributed by atoms with Crippen LogP contribution in [0.3, 0.4) is 0 Å². The van der Waals surface area contributed by atoms with Crippen LogP contribution in [-0.2, 0) is 0 Å². The Kier molecular flexibility index (Phi) is 4.13. The topological polar surface area (TPSA) is 41.6 Å². The van der Waals surface area contributed by atoms with Crippen LogP contribution in [0, 0.1) is 5.82 Å². The van der Waals surface area contributed by atoms with Gasteiger partial charge in [-0.1, -0.05) is 17.7 Å². The van der Waals surface area contributed by atoms with Gasteiger partial charge in [0.15, 0.2) is 11.6 Å². The van der Waals surface area contributed by atoms with Crippen LogP contribution in [-0.4, -0.2) is 24.5 Å². The number of nitrogens with zero attached hydrogens (tertiary/aromatic N) is 1. The van der Waals surface area contributed by atoms with Crippen molar-refractivity contribution in [3.05, 3.63) is 58.4 Å². The van der Waals surface area contributed by atoms with Crippen LogP contribution in [0.2, 0.25) is 5.02 Å². The number of halogens is 2. The second-order valence-electron chi connectivity index (χ2n) is 5.22. The summed E-state index contributed by atoms with van der Waals surface area (Å²) in [6, 6.07) is 9.75. The number of fused-ring (bicyclic) bond motifs is 1. The van der Waals surface area contributed by atoms with E-state index in [1.165, 1.54) is 13.2 Å². The molecule has 0 spiro atoms. The van der Waals surface area contributed by atoms with Gasteiger partial charge in [-0.3, -0.25) is 4.79 Å². The van der Waals surface area contributed by atoms with Crippen molar-refractivity contribution in [2.75, 3.05) is 19.0 Å². The van der Waals surface area contributed by atoms with E-state index in [2.05, 4.69) is 5.32 Å². The molecule has 1 atom stereocenters. The number of nitrogens with one attached hydrogen (secondary N) is 1. The normalized spacial score (nSPS) is 16.8. The number of carbonyl (C=O) groups is 1. The first-order chi connectivity index (χ1) is 11.0. The Morgan fingerprint density at radius 1 is 1.30 bits per heavy atom. The van der Waals surface area contributed by atoms with E-state index in [9.17, 15) is 9.18 Å². The maximum Gasteiger partial charge on any atom is 0.257 e. The van der Waals surface area contributed by atoms with Gasteiger partial charge in [0.25, 0.3) is 5.91 Å². The van der Waals surface area contributed by atoms with Crippen LogP contribution < -0.4 is 10.1 Å². The van der Waals surface area contributed by atoms with E-state index in [-0.39, 0.29) is 11.7 Å². The highest BCUT2D eigenvalue weighted by Gasteiger charge is 2.32. The molecule has 0 saturated carbocycles. The summed E-state index contributed by atoms with van der Waals surface area (Å²) in [4.78, 5) is 14.3. The molecule has 4 nitrogen and oxygen atoms in total. The van der Waals surface area contributed by atoms with Crippen LogP contribution >= 0.6 is 11.6 Å². The lowest BCUT2D eigenvalue weighted by molar-refractivity contribution is 0.0694. The summed E-state index contributed by atoms with van der Waals surface area (Å²) in [5, 5.41) is 3.80. The van der Waals surface area contributed by atoms with E-state index >= 15 is 0 Å². The second kappa shape index (κ2) is 6.08. The van der Waals surface area contributed by atoms with Crippen molar-refractivity contribution in [3.8, 4) is 5.75 Å². The summed E-state index contributed by atoms with van der Waals surface area (Å²) in [7, 11) is 1.41. The molecule has 2 aromatic carbocycles. The van der Waals surface area contributed by atoms with Gasteiger partial charge in [0.2, 0.25) is 0 Å². The minimum atomic E-state index is -0.466. The first kappa shape index (κ1) is 15.6. The molecule has 1 amide bonds.